The molecule has 7 heteroatoms. The van der Waals surface area contributed by atoms with Crippen LogP contribution in [0.3, 0.4) is 0 Å². The van der Waals surface area contributed by atoms with Gasteiger partial charge in [0.1, 0.15) is 11.8 Å². The first-order chi connectivity index (χ1) is 13.6. The third-order valence-electron chi connectivity index (χ3n) is 4.66. The number of ketones is 1. The Morgan fingerprint density at radius 2 is 1.96 bits per heavy atom. The number of halogens is 1. The molecule has 0 radical (unpaired) electrons. The van der Waals surface area contributed by atoms with Gasteiger partial charge in [-0.15, -0.1) is 11.3 Å². The van der Waals surface area contributed by atoms with Gasteiger partial charge in [-0.25, -0.2) is 0 Å². The number of rotatable bonds is 6. The first-order valence-electron chi connectivity index (χ1n) is 8.66. The number of hydrogen-bond donors (Lipinski definition) is 1. The average Bonchev–Trinajstić information content (AvgIpc) is 3.44. The molecule has 1 aromatic carbocycles. The molecular formula is C21H16ClNO4S. The molecule has 2 aromatic heterocycles. The number of carbonyl (C=O) groups is 2. The first kappa shape index (κ1) is 18.5. The Kier molecular flexibility index (Phi) is 5.07. The quantitative estimate of drug-likeness (QED) is 0.588. The van der Waals surface area contributed by atoms with Crippen LogP contribution in [-0.2, 0) is 11.2 Å². The fourth-order valence-corrected chi connectivity index (χ4v) is 4.10. The second-order valence-corrected chi connectivity index (χ2v) is 7.75. The van der Waals surface area contributed by atoms with Gasteiger partial charge < -0.3 is 14.4 Å². The molecule has 0 bridgehead atoms. The van der Waals surface area contributed by atoms with Crippen molar-refractivity contribution >= 4 is 34.6 Å². The maximum absolute atomic E-state index is 13.0. The number of aliphatic hydroxyl groups excluding tert-OH is 1. The fourth-order valence-electron chi connectivity index (χ4n) is 3.30. The topological polar surface area (TPSA) is 70.8 Å². The summed E-state index contributed by atoms with van der Waals surface area (Å²) in [5.41, 5.74) is 1.05. The Balaban J connectivity index is 1.66. The van der Waals surface area contributed by atoms with Crippen molar-refractivity contribution in [3.05, 3.63) is 92.7 Å². The van der Waals surface area contributed by atoms with Crippen LogP contribution in [0.15, 0.2) is 75.9 Å². The van der Waals surface area contributed by atoms with Crippen molar-refractivity contribution in [2.75, 3.05) is 6.54 Å². The number of nitrogens with zero attached hydrogens (tertiary/aromatic N) is 1. The van der Waals surface area contributed by atoms with E-state index in [1.165, 1.54) is 22.5 Å². The molecule has 3 heterocycles. The van der Waals surface area contributed by atoms with Crippen molar-refractivity contribution in [1.29, 1.82) is 0 Å². The van der Waals surface area contributed by atoms with Crippen molar-refractivity contribution in [2.24, 2.45) is 0 Å². The zero-order chi connectivity index (χ0) is 19.7. The molecule has 0 aliphatic carbocycles. The molecular weight excluding hydrogens is 398 g/mol. The molecule has 4 rings (SSSR count). The Morgan fingerprint density at radius 1 is 1.18 bits per heavy atom. The van der Waals surface area contributed by atoms with Crippen molar-refractivity contribution in [3.63, 3.8) is 0 Å². The molecule has 142 valence electrons. The van der Waals surface area contributed by atoms with Crippen LogP contribution in [0, 0.1) is 0 Å². The lowest BCUT2D eigenvalue weighted by Gasteiger charge is -2.24. The predicted molar refractivity (Wildman–Crippen MR) is 107 cm³/mol. The van der Waals surface area contributed by atoms with Gasteiger partial charge in [0.2, 0.25) is 5.78 Å². The van der Waals surface area contributed by atoms with Crippen molar-refractivity contribution in [1.82, 2.24) is 4.90 Å². The molecule has 3 aromatic rings. The smallest absolute Gasteiger partial charge is 0.290 e. The van der Waals surface area contributed by atoms with Crippen LogP contribution in [0.5, 0.6) is 0 Å². The maximum Gasteiger partial charge on any atom is 0.290 e. The lowest BCUT2D eigenvalue weighted by Crippen LogP contribution is -2.32. The number of Topliss-reactive ketones (excluding diaryl/α,β-unsaturated/α-hetero) is 1. The highest BCUT2D eigenvalue weighted by atomic mass is 35.5. The van der Waals surface area contributed by atoms with E-state index in [2.05, 4.69) is 0 Å². The zero-order valence-corrected chi connectivity index (χ0v) is 16.2. The molecule has 5 nitrogen and oxygen atoms in total. The highest BCUT2D eigenvalue weighted by Crippen LogP contribution is 2.39. The van der Waals surface area contributed by atoms with Crippen LogP contribution in [0.2, 0.25) is 5.02 Å². The third-order valence-corrected chi connectivity index (χ3v) is 5.78. The van der Waals surface area contributed by atoms with Crippen LogP contribution in [0.1, 0.15) is 27.0 Å². The number of carbonyl (C=O) groups excluding carboxylic acids is 2. The van der Waals surface area contributed by atoms with Gasteiger partial charge in [0.25, 0.3) is 5.91 Å². The van der Waals surface area contributed by atoms with E-state index < -0.39 is 17.7 Å². The monoisotopic (exact) mass is 413 g/mol. The van der Waals surface area contributed by atoms with Crippen molar-refractivity contribution < 1.29 is 19.1 Å². The molecule has 28 heavy (non-hydrogen) atoms. The minimum Gasteiger partial charge on any atom is -0.503 e. The lowest BCUT2D eigenvalue weighted by atomic mass is 10.00. The molecule has 1 unspecified atom stereocenters. The van der Waals surface area contributed by atoms with Crippen LogP contribution in [0.25, 0.3) is 0 Å². The van der Waals surface area contributed by atoms with Gasteiger partial charge in [0.15, 0.2) is 5.76 Å². The van der Waals surface area contributed by atoms with E-state index in [4.69, 9.17) is 16.0 Å². The Bertz CT molecular complexity index is 1020. The molecule has 1 aliphatic heterocycles. The normalized spacial score (nSPS) is 16.8. The average molecular weight is 414 g/mol. The summed E-state index contributed by atoms with van der Waals surface area (Å²) >= 11 is 7.19. The summed E-state index contributed by atoms with van der Waals surface area (Å²) in [6, 6.07) is 13.4. The summed E-state index contributed by atoms with van der Waals surface area (Å²) in [6.45, 7) is 0.317. The number of hydrogen-bond acceptors (Lipinski definition) is 5. The van der Waals surface area contributed by atoms with Gasteiger partial charge in [-0.05, 0) is 47.7 Å². The molecule has 1 N–H and O–H groups in total. The van der Waals surface area contributed by atoms with E-state index >= 15 is 0 Å². The second kappa shape index (κ2) is 7.66. The van der Waals surface area contributed by atoms with Crippen LogP contribution < -0.4 is 0 Å². The summed E-state index contributed by atoms with van der Waals surface area (Å²) in [6.07, 6.45) is 2.04. The van der Waals surface area contributed by atoms with Gasteiger partial charge in [-0.2, -0.15) is 0 Å². The van der Waals surface area contributed by atoms with E-state index in [0.717, 1.165) is 5.56 Å². The maximum atomic E-state index is 13.0. The summed E-state index contributed by atoms with van der Waals surface area (Å²) in [4.78, 5) is 27.7. The Labute approximate surface area is 170 Å². The predicted octanol–water partition coefficient (Wildman–Crippen LogP) is 4.82. The van der Waals surface area contributed by atoms with Gasteiger partial charge in [-0.3, -0.25) is 9.59 Å². The van der Waals surface area contributed by atoms with Crippen molar-refractivity contribution in [3.8, 4) is 0 Å². The molecule has 0 saturated heterocycles. The van der Waals surface area contributed by atoms with E-state index in [0.29, 0.717) is 28.6 Å². The minimum absolute atomic E-state index is 0.0542. The van der Waals surface area contributed by atoms with E-state index in [9.17, 15) is 14.7 Å². The zero-order valence-electron chi connectivity index (χ0n) is 14.7. The highest BCUT2D eigenvalue weighted by Gasteiger charge is 2.45. The van der Waals surface area contributed by atoms with Gasteiger partial charge in [0, 0.05) is 11.6 Å². The van der Waals surface area contributed by atoms with E-state index in [1.54, 1.807) is 41.8 Å². The third kappa shape index (κ3) is 3.37. The second-order valence-electron chi connectivity index (χ2n) is 6.36. The lowest BCUT2D eigenvalue weighted by molar-refractivity contribution is -0.129. The Morgan fingerprint density at radius 3 is 2.61 bits per heavy atom. The summed E-state index contributed by atoms with van der Waals surface area (Å²) < 4.78 is 5.50. The molecule has 0 spiro atoms. The number of amides is 1. The van der Waals surface area contributed by atoms with Crippen LogP contribution in [0.4, 0.5) is 0 Å². The van der Waals surface area contributed by atoms with Gasteiger partial charge in [-0.1, -0.05) is 29.8 Å². The number of furan rings is 1. The minimum atomic E-state index is -0.760. The Hall–Kier alpha value is -2.83. The van der Waals surface area contributed by atoms with E-state index in [-0.39, 0.29) is 11.4 Å². The van der Waals surface area contributed by atoms with Crippen molar-refractivity contribution in [2.45, 2.75) is 12.5 Å². The molecule has 0 saturated carbocycles. The highest BCUT2D eigenvalue weighted by molar-refractivity contribution is 7.12. The summed E-state index contributed by atoms with van der Waals surface area (Å²) in [5, 5.41) is 12.9. The summed E-state index contributed by atoms with van der Waals surface area (Å²) in [5.74, 6) is -1.02. The molecule has 1 amide bonds. The molecule has 1 atom stereocenters. The first-order valence-corrected chi connectivity index (χ1v) is 9.92. The number of thiophene rings is 1. The van der Waals surface area contributed by atoms with E-state index in [1.807, 2.05) is 12.1 Å². The summed E-state index contributed by atoms with van der Waals surface area (Å²) in [7, 11) is 0. The molecule has 0 fully saturated rings. The largest absolute Gasteiger partial charge is 0.503 e. The van der Waals surface area contributed by atoms with Crippen LogP contribution >= 0.6 is 22.9 Å². The number of aliphatic hydroxyl groups is 1. The van der Waals surface area contributed by atoms with Gasteiger partial charge in [0.05, 0.1) is 16.7 Å². The SMILES string of the molecule is O=C(C1=C(O)C(=O)N(CCc2ccc(Cl)cc2)C1c1ccco1)c1cccs1. The standard InChI is InChI=1S/C21H16ClNO4S/c22-14-7-5-13(6-8-14)9-10-23-18(15-3-1-11-27-15)17(20(25)21(23)26)19(24)16-4-2-12-28-16/h1-8,11-12,18,25H,9-10H2. The van der Waals surface area contributed by atoms with Crippen LogP contribution in [-0.4, -0.2) is 28.2 Å². The number of benzene rings is 1. The fraction of sp³-hybridized carbons (Fsp3) is 0.143. The molecule has 1 aliphatic rings. The van der Waals surface area contributed by atoms with Gasteiger partial charge >= 0.3 is 0 Å².